The van der Waals surface area contributed by atoms with Crippen LogP contribution in [0.25, 0.3) is 0 Å². The van der Waals surface area contributed by atoms with Crippen molar-refractivity contribution in [3.05, 3.63) is 29.8 Å². The van der Waals surface area contributed by atoms with Gasteiger partial charge in [0.05, 0.1) is 7.11 Å². The van der Waals surface area contributed by atoms with Gasteiger partial charge < -0.3 is 20.1 Å². The first-order chi connectivity index (χ1) is 9.54. The van der Waals surface area contributed by atoms with Gasteiger partial charge in [0.15, 0.2) is 6.10 Å². The Bertz CT molecular complexity index is 540. The quantitative estimate of drug-likeness (QED) is 0.566. The summed E-state index contributed by atoms with van der Waals surface area (Å²) in [5.41, 5.74) is 0.889. The summed E-state index contributed by atoms with van der Waals surface area (Å²) in [4.78, 5) is 35.5. The summed E-state index contributed by atoms with van der Waals surface area (Å²) in [7, 11) is 1.19. The number of nitrogens with zero attached hydrogens (tertiary/aromatic N) is 1. The van der Waals surface area contributed by atoms with Crippen LogP contribution in [0.4, 0.5) is 5.69 Å². The van der Waals surface area contributed by atoms with Crippen molar-refractivity contribution in [2.45, 2.75) is 6.10 Å². The lowest BCUT2D eigenvalue weighted by Crippen LogP contribution is -2.52. The molecule has 2 N–H and O–H groups in total. The predicted molar refractivity (Wildman–Crippen MR) is 68.8 cm³/mol. The Morgan fingerprint density at radius 1 is 1.35 bits per heavy atom. The number of carbonyl (C=O) groups excluding carboxylic acids is 3. The van der Waals surface area contributed by atoms with Crippen LogP contribution in [0.1, 0.15) is 11.7 Å². The normalized spacial score (nSPS) is 16.6. The van der Waals surface area contributed by atoms with Gasteiger partial charge in [-0.1, -0.05) is 12.1 Å². The lowest BCUT2D eigenvalue weighted by molar-refractivity contribution is -0.150. The third-order valence-electron chi connectivity index (χ3n) is 3.01. The summed E-state index contributed by atoms with van der Waals surface area (Å²) >= 11 is 0. The van der Waals surface area contributed by atoms with Gasteiger partial charge in [-0.05, 0) is 17.7 Å². The Kier molecular flexibility index (Phi) is 3.99. The molecule has 1 saturated heterocycles. The molecule has 7 heteroatoms. The molecule has 1 aromatic rings. The van der Waals surface area contributed by atoms with Crippen molar-refractivity contribution in [1.82, 2.24) is 5.32 Å². The van der Waals surface area contributed by atoms with Crippen LogP contribution in [-0.2, 0) is 19.1 Å². The maximum atomic E-state index is 11.7. The second-order valence-corrected chi connectivity index (χ2v) is 4.23. The molecule has 0 spiro atoms. The van der Waals surface area contributed by atoms with E-state index in [1.165, 1.54) is 24.1 Å². The van der Waals surface area contributed by atoms with Gasteiger partial charge in [-0.25, -0.2) is 4.79 Å². The van der Waals surface area contributed by atoms with Crippen LogP contribution in [0.3, 0.4) is 0 Å². The highest BCUT2D eigenvalue weighted by Gasteiger charge is 2.27. The maximum absolute atomic E-state index is 11.7. The van der Waals surface area contributed by atoms with Gasteiger partial charge in [-0.2, -0.15) is 0 Å². The van der Waals surface area contributed by atoms with Crippen molar-refractivity contribution in [2.75, 3.05) is 25.1 Å². The molecule has 2 amide bonds. The summed E-state index contributed by atoms with van der Waals surface area (Å²) in [5.74, 6) is -2.03. The highest BCUT2D eigenvalue weighted by atomic mass is 16.5. The number of carbonyl (C=O) groups is 3. The van der Waals surface area contributed by atoms with Gasteiger partial charge in [0, 0.05) is 18.8 Å². The first-order valence-corrected chi connectivity index (χ1v) is 6.00. The Morgan fingerprint density at radius 3 is 2.60 bits per heavy atom. The summed E-state index contributed by atoms with van der Waals surface area (Å²) in [6, 6.07) is 6.16. The average molecular weight is 278 g/mol. The molecule has 1 fully saturated rings. The number of ether oxygens (including phenoxy) is 1. The zero-order valence-electron chi connectivity index (χ0n) is 10.8. The number of aliphatic hydroxyl groups is 1. The Morgan fingerprint density at radius 2 is 2.00 bits per heavy atom. The average Bonchev–Trinajstić information content (AvgIpc) is 2.48. The van der Waals surface area contributed by atoms with Gasteiger partial charge >= 0.3 is 17.8 Å². The van der Waals surface area contributed by atoms with E-state index in [2.05, 4.69) is 10.1 Å². The van der Waals surface area contributed by atoms with Crippen LogP contribution < -0.4 is 10.2 Å². The lowest BCUT2D eigenvalue weighted by Gasteiger charge is -2.26. The molecule has 1 heterocycles. The predicted octanol–water partition coefficient (Wildman–Crippen LogP) is -0.644. The number of rotatable bonds is 3. The molecule has 2 rings (SSSR count). The van der Waals surface area contributed by atoms with E-state index in [0.29, 0.717) is 24.3 Å². The highest BCUT2D eigenvalue weighted by Crippen LogP contribution is 2.21. The number of benzene rings is 1. The number of anilines is 1. The van der Waals surface area contributed by atoms with Crippen molar-refractivity contribution >= 4 is 23.5 Å². The monoisotopic (exact) mass is 278 g/mol. The van der Waals surface area contributed by atoms with E-state index < -0.39 is 23.9 Å². The van der Waals surface area contributed by atoms with Crippen molar-refractivity contribution in [1.29, 1.82) is 0 Å². The Hall–Kier alpha value is -2.41. The number of piperazine rings is 1. The van der Waals surface area contributed by atoms with E-state index in [9.17, 15) is 19.5 Å². The molecule has 0 bridgehead atoms. The molecule has 1 unspecified atom stereocenters. The molecular weight excluding hydrogens is 264 g/mol. The van der Waals surface area contributed by atoms with E-state index >= 15 is 0 Å². The van der Waals surface area contributed by atoms with E-state index in [4.69, 9.17) is 0 Å². The molecule has 1 aliphatic heterocycles. The Labute approximate surface area is 115 Å². The van der Waals surface area contributed by atoms with E-state index in [1.54, 1.807) is 12.1 Å². The smallest absolute Gasteiger partial charge is 0.339 e. The minimum absolute atomic E-state index is 0.356. The zero-order valence-corrected chi connectivity index (χ0v) is 10.8. The van der Waals surface area contributed by atoms with Crippen LogP contribution in [-0.4, -0.2) is 43.1 Å². The number of nitrogens with one attached hydrogen (secondary N) is 1. The minimum atomic E-state index is -1.37. The topological polar surface area (TPSA) is 95.9 Å². The number of hydrogen-bond acceptors (Lipinski definition) is 5. The largest absolute Gasteiger partial charge is 0.467 e. The summed E-state index contributed by atoms with van der Waals surface area (Å²) < 4.78 is 4.44. The van der Waals surface area contributed by atoms with Gasteiger partial charge in [0.2, 0.25) is 0 Å². The van der Waals surface area contributed by atoms with Gasteiger partial charge in [-0.15, -0.1) is 0 Å². The molecule has 1 aromatic carbocycles. The molecule has 0 aromatic heterocycles. The van der Waals surface area contributed by atoms with E-state index in [1.807, 2.05) is 0 Å². The summed E-state index contributed by atoms with van der Waals surface area (Å²) in [6.45, 7) is 0.764. The second-order valence-electron chi connectivity index (χ2n) is 4.23. The van der Waals surface area contributed by atoms with Gasteiger partial charge in [0.1, 0.15) is 0 Å². The summed E-state index contributed by atoms with van der Waals surface area (Å²) in [5, 5.41) is 12.1. The fourth-order valence-electron chi connectivity index (χ4n) is 1.91. The summed E-state index contributed by atoms with van der Waals surface area (Å²) in [6.07, 6.45) is -1.37. The van der Waals surface area contributed by atoms with Crippen LogP contribution >= 0.6 is 0 Å². The van der Waals surface area contributed by atoms with Crippen LogP contribution in [0, 0.1) is 0 Å². The molecule has 0 saturated carbocycles. The molecule has 0 aliphatic carbocycles. The molecule has 0 radical (unpaired) electrons. The zero-order chi connectivity index (χ0) is 14.7. The van der Waals surface area contributed by atoms with Crippen LogP contribution in [0.15, 0.2) is 24.3 Å². The molecule has 7 nitrogen and oxygen atoms in total. The number of esters is 1. The van der Waals surface area contributed by atoms with Gasteiger partial charge in [-0.3, -0.25) is 9.59 Å². The third kappa shape index (κ3) is 2.62. The SMILES string of the molecule is COC(=O)C(O)c1ccc(N2CCNC(=O)C2=O)cc1. The first-order valence-electron chi connectivity index (χ1n) is 6.00. The molecule has 106 valence electrons. The van der Waals surface area contributed by atoms with E-state index in [-0.39, 0.29) is 0 Å². The number of amides is 2. The van der Waals surface area contributed by atoms with Crippen molar-refractivity contribution in [2.24, 2.45) is 0 Å². The van der Waals surface area contributed by atoms with Crippen molar-refractivity contribution in [3.8, 4) is 0 Å². The third-order valence-corrected chi connectivity index (χ3v) is 3.01. The number of methoxy groups -OCH3 is 1. The molecule has 20 heavy (non-hydrogen) atoms. The highest BCUT2D eigenvalue weighted by molar-refractivity contribution is 6.41. The second kappa shape index (κ2) is 5.70. The first kappa shape index (κ1) is 14.0. The van der Waals surface area contributed by atoms with E-state index in [0.717, 1.165) is 0 Å². The number of aliphatic hydroxyl groups excluding tert-OH is 1. The standard InChI is InChI=1S/C13H14N2O5/c1-20-13(19)10(16)8-2-4-9(5-3-8)15-7-6-14-11(17)12(15)18/h2-5,10,16H,6-7H2,1H3,(H,14,17). The van der Waals surface area contributed by atoms with Crippen molar-refractivity contribution in [3.63, 3.8) is 0 Å². The van der Waals surface area contributed by atoms with Crippen LogP contribution in [0.2, 0.25) is 0 Å². The maximum Gasteiger partial charge on any atom is 0.339 e. The molecular formula is C13H14N2O5. The number of hydrogen-bond donors (Lipinski definition) is 2. The van der Waals surface area contributed by atoms with Crippen molar-refractivity contribution < 1.29 is 24.2 Å². The van der Waals surface area contributed by atoms with Crippen LogP contribution in [0.5, 0.6) is 0 Å². The molecule has 1 atom stereocenters. The minimum Gasteiger partial charge on any atom is -0.467 e. The fraction of sp³-hybridized carbons (Fsp3) is 0.308. The van der Waals surface area contributed by atoms with Gasteiger partial charge in [0.25, 0.3) is 0 Å². The molecule has 1 aliphatic rings. The lowest BCUT2D eigenvalue weighted by atomic mass is 10.1. The fourth-order valence-corrected chi connectivity index (χ4v) is 1.91. The Balaban J connectivity index is 2.18.